The van der Waals surface area contributed by atoms with Crippen molar-refractivity contribution >= 4 is 23.4 Å². The van der Waals surface area contributed by atoms with Crippen LogP contribution < -0.4 is 10.6 Å². The van der Waals surface area contributed by atoms with E-state index in [0.29, 0.717) is 32.3 Å². The summed E-state index contributed by atoms with van der Waals surface area (Å²) in [6, 6.07) is 0.309. The van der Waals surface area contributed by atoms with Gasteiger partial charge in [-0.3, -0.25) is 4.99 Å². The smallest absolute Gasteiger partial charge is 0.409 e. The second-order valence-corrected chi connectivity index (χ2v) is 6.56. The molecule has 1 fully saturated rings. The Labute approximate surface area is 147 Å². The normalized spacial score (nSPS) is 16.1. The minimum absolute atomic E-state index is 0.214. The molecule has 0 atom stereocenters. The van der Waals surface area contributed by atoms with Gasteiger partial charge in [0, 0.05) is 31.6 Å². The molecular weight excluding hydrogens is 326 g/mol. The molecule has 1 aliphatic heterocycles. The van der Waals surface area contributed by atoms with Gasteiger partial charge in [-0.15, -0.1) is 11.3 Å². The molecule has 24 heavy (non-hydrogen) atoms. The lowest BCUT2D eigenvalue weighted by Crippen LogP contribution is -2.49. The van der Waals surface area contributed by atoms with Crippen molar-refractivity contribution in [2.24, 2.45) is 4.99 Å². The number of nitrogens with zero attached hydrogens (tertiary/aromatic N) is 3. The van der Waals surface area contributed by atoms with Crippen molar-refractivity contribution < 1.29 is 9.53 Å². The second-order valence-electron chi connectivity index (χ2n) is 5.62. The summed E-state index contributed by atoms with van der Waals surface area (Å²) in [5.41, 5.74) is 1.04. The number of hydrogen-bond acceptors (Lipinski definition) is 5. The highest BCUT2D eigenvalue weighted by molar-refractivity contribution is 7.09. The first-order valence-electron chi connectivity index (χ1n) is 8.48. The monoisotopic (exact) mass is 353 g/mol. The molecule has 1 aliphatic rings. The first-order valence-corrected chi connectivity index (χ1v) is 9.36. The third-order valence-corrected chi connectivity index (χ3v) is 4.97. The van der Waals surface area contributed by atoms with E-state index in [4.69, 9.17) is 4.74 Å². The molecule has 0 saturated carbocycles. The Morgan fingerprint density at radius 1 is 1.46 bits per heavy atom. The van der Waals surface area contributed by atoms with Crippen LogP contribution in [-0.4, -0.2) is 54.7 Å². The number of carbonyl (C=O) groups excluding carboxylic acids is 1. The Bertz CT molecular complexity index is 552. The number of thiazole rings is 1. The molecule has 1 saturated heterocycles. The molecule has 1 amide bonds. The van der Waals surface area contributed by atoms with E-state index in [1.807, 2.05) is 6.92 Å². The lowest BCUT2D eigenvalue weighted by molar-refractivity contribution is 0.0963. The van der Waals surface area contributed by atoms with Crippen molar-refractivity contribution in [2.45, 2.75) is 45.7 Å². The number of hydrogen-bond donors (Lipinski definition) is 2. The average molecular weight is 353 g/mol. The minimum Gasteiger partial charge on any atom is -0.450 e. The Hall–Kier alpha value is -1.83. The zero-order valence-corrected chi connectivity index (χ0v) is 15.5. The van der Waals surface area contributed by atoms with Crippen LogP contribution in [-0.2, 0) is 17.7 Å². The predicted molar refractivity (Wildman–Crippen MR) is 96.4 cm³/mol. The number of carbonyl (C=O) groups is 1. The molecule has 2 N–H and O–H groups in total. The Balaban J connectivity index is 1.74. The third-order valence-electron chi connectivity index (χ3n) is 3.92. The lowest BCUT2D eigenvalue weighted by Gasteiger charge is -2.32. The standard InChI is InChI=1S/C16H27N5O2S/c1-4-14-19-13(11-24-14)10-18-15(17-3)20-12-6-8-21(9-7-12)16(22)23-5-2/h11-12H,4-10H2,1-3H3,(H2,17,18,20). The average Bonchev–Trinajstić information content (AvgIpc) is 3.07. The number of ether oxygens (including phenoxy) is 1. The molecule has 0 bridgehead atoms. The number of aromatic nitrogens is 1. The van der Waals surface area contributed by atoms with Gasteiger partial charge in [-0.1, -0.05) is 6.92 Å². The number of piperidine rings is 1. The predicted octanol–water partition coefficient (Wildman–Crippen LogP) is 1.99. The van der Waals surface area contributed by atoms with Crippen LogP contribution in [0.4, 0.5) is 4.79 Å². The molecule has 1 aromatic heterocycles. The molecular formula is C16H27N5O2S. The Kier molecular flexibility index (Phi) is 7.30. The van der Waals surface area contributed by atoms with Crippen molar-refractivity contribution in [3.63, 3.8) is 0 Å². The van der Waals surface area contributed by atoms with Gasteiger partial charge in [-0.25, -0.2) is 9.78 Å². The van der Waals surface area contributed by atoms with Gasteiger partial charge in [-0.2, -0.15) is 0 Å². The van der Waals surface area contributed by atoms with Gasteiger partial charge in [-0.05, 0) is 26.2 Å². The highest BCUT2D eigenvalue weighted by Crippen LogP contribution is 2.12. The van der Waals surface area contributed by atoms with Crippen molar-refractivity contribution in [3.05, 3.63) is 16.1 Å². The summed E-state index contributed by atoms with van der Waals surface area (Å²) in [5.74, 6) is 0.774. The van der Waals surface area contributed by atoms with E-state index in [1.165, 1.54) is 0 Å². The maximum absolute atomic E-state index is 11.7. The number of aryl methyl sites for hydroxylation is 1. The summed E-state index contributed by atoms with van der Waals surface area (Å²) >= 11 is 1.69. The summed E-state index contributed by atoms with van der Waals surface area (Å²) < 4.78 is 5.04. The molecule has 7 nitrogen and oxygen atoms in total. The summed E-state index contributed by atoms with van der Waals surface area (Å²) in [6.45, 7) is 6.44. The molecule has 0 spiro atoms. The van der Waals surface area contributed by atoms with Crippen LogP contribution >= 0.6 is 11.3 Å². The van der Waals surface area contributed by atoms with Gasteiger partial charge >= 0.3 is 6.09 Å². The van der Waals surface area contributed by atoms with Crippen LogP contribution in [0, 0.1) is 0 Å². The quantitative estimate of drug-likeness (QED) is 0.625. The summed E-state index contributed by atoms with van der Waals surface area (Å²) in [4.78, 5) is 22.3. The second kappa shape index (κ2) is 9.46. The highest BCUT2D eigenvalue weighted by atomic mass is 32.1. The molecule has 0 aliphatic carbocycles. The molecule has 8 heteroatoms. The van der Waals surface area contributed by atoms with Gasteiger partial charge in [0.05, 0.1) is 23.9 Å². The summed E-state index contributed by atoms with van der Waals surface area (Å²) in [7, 11) is 1.77. The van der Waals surface area contributed by atoms with Gasteiger partial charge in [0.15, 0.2) is 5.96 Å². The molecule has 2 heterocycles. The van der Waals surface area contributed by atoms with Gasteiger partial charge in [0.2, 0.25) is 0 Å². The zero-order valence-electron chi connectivity index (χ0n) is 14.7. The maximum atomic E-state index is 11.7. The van der Waals surface area contributed by atoms with Gasteiger partial charge < -0.3 is 20.3 Å². The number of aliphatic imine (C=N–C) groups is 1. The largest absolute Gasteiger partial charge is 0.450 e. The number of rotatable bonds is 5. The molecule has 0 radical (unpaired) electrons. The topological polar surface area (TPSA) is 78.8 Å². The summed E-state index contributed by atoms with van der Waals surface area (Å²) in [5, 5.41) is 9.96. The summed E-state index contributed by atoms with van der Waals surface area (Å²) in [6.07, 6.45) is 2.53. The highest BCUT2D eigenvalue weighted by Gasteiger charge is 2.24. The number of guanidine groups is 1. The van der Waals surface area contributed by atoms with Crippen molar-refractivity contribution in [2.75, 3.05) is 26.7 Å². The van der Waals surface area contributed by atoms with Crippen molar-refractivity contribution in [1.29, 1.82) is 0 Å². The van der Waals surface area contributed by atoms with E-state index in [2.05, 4.69) is 32.9 Å². The Morgan fingerprint density at radius 3 is 2.79 bits per heavy atom. The Morgan fingerprint density at radius 2 is 2.21 bits per heavy atom. The van der Waals surface area contributed by atoms with Gasteiger partial charge in [0.25, 0.3) is 0 Å². The fourth-order valence-corrected chi connectivity index (χ4v) is 3.32. The zero-order chi connectivity index (χ0) is 17.4. The van der Waals surface area contributed by atoms with E-state index in [1.54, 1.807) is 23.3 Å². The van der Waals surface area contributed by atoms with Crippen LogP contribution in [0.1, 0.15) is 37.4 Å². The first kappa shape index (κ1) is 18.5. The first-order chi connectivity index (χ1) is 11.7. The number of amides is 1. The van der Waals surface area contributed by atoms with Crippen LogP contribution in [0.25, 0.3) is 0 Å². The van der Waals surface area contributed by atoms with Crippen LogP contribution in [0.2, 0.25) is 0 Å². The van der Waals surface area contributed by atoms with Gasteiger partial charge in [0.1, 0.15) is 0 Å². The lowest BCUT2D eigenvalue weighted by atomic mass is 10.1. The molecule has 0 unspecified atom stereocenters. The van der Waals surface area contributed by atoms with Crippen LogP contribution in [0.15, 0.2) is 10.4 Å². The number of nitrogens with one attached hydrogen (secondary N) is 2. The molecule has 134 valence electrons. The van der Waals surface area contributed by atoms with Crippen LogP contribution in [0.3, 0.4) is 0 Å². The molecule has 1 aromatic rings. The fraction of sp³-hybridized carbons (Fsp3) is 0.688. The number of likely N-dealkylation sites (tertiary alicyclic amines) is 1. The maximum Gasteiger partial charge on any atom is 0.409 e. The van der Waals surface area contributed by atoms with E-state index >= 15 is 0 Å². The van der Waals surface area contributed by atoms with Crippen molar-refractivity contribution in [1.82, 2.24) is 20.5 Å². The van der Waals surface area contributed by atoms with E-state index in [9.17, 15) is 4.79 Å². The van der Waals surface area contributed by atoms with Crippen LogP contribution in [0.5, 0.6) is 0 Å². The van der Waals surface area contributed by atoms with E-state index < -0.39 is 0 Å². The fourth-order valence-electron chi connectivity index (χ4n) is 2.58. The molecule has 2 rings (SSSR count). The van der Waals surface area contributed by atoms with E-state index in [-0.39, 0.29) is 6.09 Å². The minimum atomic E-state index is -0.214. The SMILES string of the molecule is CCOC(=O)N1CCC(NC(=NC)NCc2csc(CC)n2)CC1. The van der Waals surface area contributed by atoms with E-state index in [0.717, 1.165) is 35.9 Å². The molecule has 0 aromatic carbocycles. The van der Waals surface area contributed by atoms with Crippen molar-refractivity contribution in [3.8, 4) is 0 Å². The third kappa shape index (κ3) is 5.36.